The van der Waals surface area contributed by atoms with E-state index in [9.17, 15) is 14.4 Å². The molecule has 6 heteroatoms. The predicted molar refractivity (Wildman–Crippen MR) is 110 cm³/mol. The number of amides is 4. The molecule has 0 atom stereocenters. The lowest BCUT2D eigenvalue weighted by Gasteiger charge is -2.26. The summed E-state index contributed by atoms with van der Waals surface area (Å²) >= 11 is 0. The van der Waals surface area contributed by atoms with Gasteiger partial charge >= 0.3 is 6.03 Å². The van der Waals surface area contributed by atoms with Gasteiger partial charge in [0, 0.05) is 19.8 Å². The second-order valence-electron chi connectivity index (χ2n) is 7.19. The third kappa shape index (κ3) is 3.81. The van der Waals surface area contributed by atoms with Crippen molar-refractivity contribution in [1.29, 1.82) is 0 Å². The lowest BCUT2D eigenvalue weighted by atomic mass is 10.0. The zero-order chi connectivity index (χ0) is 20.4. The van der Waals surface area contributed by atoms with Crippen LogP contribution in [0.4, 0.5) is 16.2 Å². The number of benzene rings is 2. The highest BCUT2D eigenvalue weighted by molar-refractivity contribution is 6.39. The van der Waals surface area contributed by atoms with E-state index in [1.807, 2.05) is 55.4 Å². The van der Waals surface area contributed by atoms with Gasteiger partial charge in [0.25, 0.3) is 11.8 Å². The minimum atomic E-state index is -0.743. The van der Waals surface area contributed by atoms with Crippen molar-refractivity contribution in [1.82, 2.24) is 5.32 Å². The van der Waals surface area contributed by atoms with Crippen molar-refractivity contribution in [2.45, 2.75) is 19.8 Å². The summed E-state index contributed by atoms with van der Waals surface area (Å²) in [7, 11) is 3.86. The molecule has 0 aromatic heterocycles. The van der Waals surface area contributed by atoms with E-state index in [-0.39, 0.29) is 5.57 Å². The van der Waals surface area contributed by atoms with Crippen molar-refractivity contribution in [3.63, 3.8) is 0 Å². The molecule has 0 radical (unpaired) electrons. The van der Waals surface area contributed by atoms with Crippen molar-refractivity contribution < 1.29 is 14.4 Å². The van der Waals surface area contributed by atoms with Crippen molar-refractivity contribution in [2.75, 3.05) is 23.9 Å². The number of hydrogen-bond acceptors (Lipinski definition) is 4. The van der Waals surface area contributed by atoms with Crippen LogP contribution in [0.3, 0.4) is 0 Å². The number of carbonyl (C=O) groups excluding carboxylic acids is 3. The molecule has 1 aliphatic heterocycles. The smallest absolute Gasteiger partial charge is 0.335 e. The Balaban J connectivity index is 1.93. The Bertz CT molecular complexity index is 942. The molecule has 2 aromatic rings. The number of nitrogens with zero attached hydrogens (tertiary/aromatic N) is 2. The third-order valence-electron chi connectivity index (χ3n) is 4.64. The molecule has 28 heavy (non-hydrogen) atoms. The van der Waals surface area contributed by atoms with Crippen molar-refractivity contribution >= 4 is 35.3 Å². The first-order valence-electron chi connectivity index (χ1n) is 9.06. The minimum Gasteiger partial charge on any atom is -0.378 e. The Morgan fingerprint density at radius 3 is 2.07 bits per heavy atom. The molecule has 0 saturated carbocycles. The third-order valence-corrected chi connectivity index (χ3v) is 4.64. The van der Waals surface area contributed by atoms with Gasteiger partial charge in [-0.2, -0.15) is 0 Å². The average molecular weight is 377 g/mol. The second kappa shape index (κ2) is 7.68. The first-order chi connectivity index (χ1) is 13.3. The van der Waals surface area contributed by atoms with Crippen molar-refractivity contribution in [3.05, 3.63) is 65.2 Å². The highest BCUT2D eigenvalue weighted by Crippen LogP contribution is 2.24. The normalized spacial score (nSPS) is 16.0. The van der Waals surface area contributed by atoms with E-state index in [0.717, 1.165) is 16.2 Å². The molecule has 1 heterocycles. The Labute approximate surface area is 164 Å². The van der Waals surface area contributed by atoms with Gasteiger partial charge in [-0.05, 0) is 47.4 Å². The van der Waals surface area contributed by atoms with Gasteiger partial charge in [-0.25, -0.2) is 9.69 Å². The zero-order valence-electron chi connectivity index (χ0n) is 16.4. The first kappa shape index (κ1) is 19.4. The lowest BCUT2D eigenvalue weighted by Crippen LogP contribution is -2.54. The molecule has 144 valence electrons. The quantitative estimate of drug-likeness (QED) is 0.654. The number of urea groups is 1. The van der Waals surface area contributed by atoms with Crippen LogP contribution < -0.4 is 15.1 Å². The molecule has 1 fully saturated rings. The summed E-state index contributed by atoms with van der Waals surface area (Å²) in [5.74, 6) is -0.994. The minimum absolute atomic E-state index is 0.0786. The molecular weight excluding hydrogens is 354 g/mol. The number of rotatable bonds is 4. The van der Waals surface area contributed by atoms with Gasteiger partial charge in [0.2, 0.25) is 0 Å². The van der Waals surface area contributed by atoms with Crippen LogP contribution in [0.15, 0.2) is 54.1 Å². The number of barbiturate groups is 1. The Hall–Kier alpha value is -3.41. The summed E-state index contributed by atoms with van der Waals surface area (Å²) in [6.45, 7) is 4.13. The Morgan fingerprint density at radius 1 is 0.929 bits per heavy atom. The fourth-order valence-electron chi connectivity index (χ4n) is 2.94. The van der Waals surface area contributed by atoms with Crippen LogP contribution in [0.25, 0.3) is 6.08 Å². The molecule has 1 saturated heterocycles. The largest absolute Gasteiger partial charge is 0.378 e. The van der Waals surface area contributed by atoms with Gasteiger partial charge in [-0.1, -0.05) is 38.1 Å². The topological polar surface area (TPSA) is 69.7 Å². The maximum absolute atomic E-state index is 12.9. The first-order valence-corrected chi connectivity index (χ1v) is 9.06. The monoisotopic (exact) mass is 377 g/mol. The van der Waals surface area contributed by atoms with Crippen LogP contribution >= 0.6 is 0 Å². The van der Waals surface area contributed by atoms with Gasteiger partial charge in [0.15, 0.2) is 0 Å². The number of carbonyl (C=O) groups is 3. The molecular formula is C22H23N3O3. The highest BCUT2D eigenvalue weighted by atomic mass is 16.2. The van der Waals surface area contributed by atoms with Crippen LogP contribution in [0.1, 0.15) is 30.9 Å². The van der Waals surface area contributed by atoms with Gasteiger partial charge in [0.1, 0.15) is 5.57 Å². The summed E-state index contributed by atoms with van der Waals surface area (Å²) in [4.78, 5) is 40.4. The van der Waals surface area contributed by atoms with Crippen LogP contribution in [-0.4, -0.2) is 31.9 Å². The molecule has 1 N–H and O–H groups in total. The van der Waals surface area contributed by atoms with E-state index in [1.165, 1.54) is 6.08 Å². The molecule has 6 nitrogen and oxygen atoms in total. The van der Waals surface area contributed by atoms with E-state index >= 15 is 0 Å². The van der Waals surface area contributed by atoms with Crippen LogP contribution in [0.2, 0.25) is 0 Å². The lowest BCUT2D eigenvalue weighted by molar-refractivity contribution is -0.122. The Morgan fingerprint density at radius 2 is 1.54 bits per heavy atom. The van der Waals surface area contributed by atoms with Crippen molar-refractivity contribution in [2.24, 2.45) is 0 Å². The van der Waals surface area contributed by atoms with Crippen LogP contribution in [-0.2, 0) is 9.59 Å². The summed E-state index contributed by atoms with van der Waals surface area (Å²) < 4.78 is 0. The number of nitrogens with one attached hydrogen (secondary N) is 1. The molecule has 0 aliphatic carbocycles. The fraction of sp³-hybridized carbons (Fsp3) is 0.227. The van der Waals surface area contributed by atoms with Crippen molar-refractivity contribution in [3.8, 4) is 0 Å². The number of hydrogen-bond donors (Lipinski definition) is 1. The SMILES string of the molecule is CC(C)c1ccc(N2C(=O)NC(=O)/C(=C\c3ccc(N(C)C)cc3)C2=O)cc1. The van der Waals surface area contributed by atoms with Gasteiger partial charge < -0.3 is 4.90 Å². The van der Waals surface area contributed by atoms with Gasteiger partial charge in [-0.3, -0.25) is 14.9 Å². The molecule has 0 unspecified atom stereocenters. The van der Waals surface area contributed by atoms with E-state index in [2.05, 4.69) is 19.2 Å². The summed E-state index contributed by atoms with van der Waals surface area (Å²) in [6.07, 6.45) is 1.50. The van der Waals surface area contributed by atoms with E-state index in [0.29, 0.717) is 17.2 Å². The standard InChI is InChI=1S/C22H23N3O3/c1-14(2)16-7-11-18(12-8-16)25-21(27)19(20(26)23-22(25)28)13-15-5-9-17(10-6-15)24(3)4/h5-14H,1-4H3,(H,23,26,28)/b19-13+. The molecule has 1 aliphatic rings. The van der Waals surface area contributed by atoms with E-state index in [1.54, 1.807) is 12.1 Å². The number of imide groups is 2. The Kier molecular flexibility index (Phi) is 5.31. The van der Waals surface area contributed by atoms with E-state index < -0.39 is 17.8 Å². The maximum atomic E-state index is 12.9. The summed E-state index contributed by atoms with van der Waals surface area (Å²) in [6, 6.07) is 13.9. The summed E-state index contributed by atoms with van der Waals surface area (Å²) in [5.41, 5.74) is 3.15. The molecule has 4 amide bonds. The molecule has 0 spiro atoms. The summed E-state index contributed by atoms with van der Waals surface area (Å²) in [5, 5.41) is 2.25. The van der Waals surface area contributed by atoms with Gasteiger partial charge in [0.05, 0.1) is 5.69 Å². The average Bonchev–Trinajstić information content (AvgIpc) is 2.65. The fourth-order valence-corrected chi connectivity index (χ4v) is 2.94. The molecule has 0 bridgehead atoms. The van der Waals surface area contributed by atoms with E-state index in [4.69, 9.17) is 0 Å². The maximum Gasteiger partial charge on any atom is 0.335 e. The zero-order valence-corrected chi connectivity index (χ0v) is 16.4. The van der Waals surface area contributed by atoms with Gasteiger partial charge in [-0.15, -0.1) is 0 Å². The molecule has 3 rings (SSSR count). The highest BCUT2D eigenvalue weighted by Gasteiger charge is 2.36. The molecule has 2 aromatic carbocycles. The van der Waals surface area contributed by atoms with Crippen LogP contribution in [0.5, 0.6) is 0 Å². The second-order valence-corrected chi connectivity index (χ2v) is 7.19. The predicted octanol–water partition coefficient (Wildman–Crippen LogP) is 3.54. The van der Waals surface area contributed by atoms with Crippen LogP contribution in [0, 0.1) is 0 Å². The number of anilines is 2.